The van der Waals surface area contributed by atoms with Crippen LogP contribution in [0.5, 0.6) is 0 Å². The summed E-state index contributed by atoms with van der Waals surface area (Å²) in [6.45, 7) is 10.4. The molecule has 1 nitrogen and oxygen atoms in total. The third-order valence-corrected chi connectivity index (χ3v) is 1.49. The van der Waals surface area contributed by atoms with Crippen molar-refractivity contribution in [1.29, 1.82) is 0 Å². The van der Waals surface area contributed by atoms with Crippen molar-refractivity contribution in [3.8, 4) is 0 Å². The van der Waals surface area contributed by atoms with Crippen LogP contribution in [0.15, 0.2) is 12.2 Å². The molecule has 0 unspecified atom stereocenters. The third-order valence-electron chi connectivity index (χ3n) is 1.49. The molecular weight excluding hydrogens is 146 g/mol. The summed E-state index contributed by atoms with van der Waals surface area (Å²) in [7, 11) is 2.16. The average molecular weight is 171 g/mol. The molecular formula is C11H25N. The van der Waals surface area contributed by atoms with Crippen LogP contribution in [0.4, 0.5) is 0 Å². The summed E-state index contributed by atoms with van der Waals surface area (Å²) in [5, 5.41) is 0. The van der Waals surface area contributed by atoms with Gasteiger partial charge in [0.1, 0.15) is 0 Å². The Morgan fingerprint density at radius 1 is 1.00 bits per heavy atom. The van der Waals surface area contributed by atoms with E-state index < -0.39 is 0 Å². The zero-order chi connectivity index (χ0) is 9.82. The second kappa shape index (κ2) is 13.3. The molecule has 0 amide bonds. The zero-order valence-electron chi connectivity index (χ0n) is 9.43. The van der Waals surface area contributed by atoms with Crippen molar-refractivity contribution < 1.29 is 0 Å². The first-order valence-corrected chi connectivity index (χ1v) is 5.23. The van der Waals surface area contributed by atoms with Crippen molar-refractivity contribution in [2.75, 3.05) is 20.1 Å². The molecule has 0 bridgehead atoms. The van der Waals surface area contributed by atoms with Crippen molar-refractivity contribution in [2.45, 2.75) is 40.5 Å². The number of allylic oxidation sites excluding steroid dienone is 1. The van der Waals surface area contributed by atoms with Gasteiger partial charge in [-0.3, -0.25) is 0 Å². The van der Waals surface area contributed by atoms with Gasteiger partial charge in [-0.25, -0.2) is 0 Å². The van der Waals surface area contributed by atoms with Crippen molar-refractivity contribution in [3.05, 3.63) is 12.2 Å². The molecule has 0 aromatic carbocycles. The number of likely N-dealkylation sites (N-methyl/N-ethyl adjacent to an activating group) is 1. The average Bonchev–Trinajstić information content (AvgIpc) is 2.40. The van der Waals surface area contributed by atoms with Gasteiger partial charge in [0, 0.05) is 6.54 Å². The van der Waals surface area contributed by atoms with Crippen LogP contribution in [-0.2, 0) is 0 Å². The molecule has 74 valence electrons. The van der Waals surface area contributed by atoms with Crippen LogP contribution in [0.25, 0.3) is 0 Å². The standard InChI is InChI=1S/C7H13N.2C2H6/c1-8-6-4-2-3-5-7-8;2*1-2/h2,4H,3,5-7H2,1H3;2*1-2H3. The Kier molecular flexibility index (Phi) is 15.8. The zero-order valence-corrected chi connectivity index (χ0v) is 9.43. The first kappa shape index (κ1) is 14.2. The topological polar surface area (TPSA) is 3.24 Å². The molecule has 1 aliphatic heterocycles. The largest absolute Gasteiger partial charge is 0.303 e. The Morgan fingerprint density at radius 2 is 1.58 bits per heavy atom. The second-order valence-corrected chi connectivity index (χ2v) is 2.38. The second-order valence-electron chi connectivity index (χ2n) is 2.38. The van der Waals surface area contributed by atoms with Gasteiger partial charge in [-0.2, -0.15) is 0 Å². The van der Waals surface area contributed by atoms with Crippen LogP contribution in [0, 0.1) is 0 Å². The summed E-state index contributed by atoms with van der Waals surface area (Å²) >= 11 is 0. The first-order chi connectivity index (χ1) is 5.89. The summed E-state index contributed by atoms with van der Waals surface area (Å²) in [4.78, 5) is 2.34. The van der Waals surface area contributed by atoms with Gasteiger partial charge >= 0.3 is 0 Å². The Morgan fingerprint density at radius 3 is 2.17 bits per heavy atom. The minimum Gasteiger partial charge on any atom is -0.303 e. The number of hydrogen-bond acceptors (Lipinski definition) is 1. The monoisotopic (exact) mass is 171 g/mol. The van der Waals surface area contributed by atoms with Crippen LogP contribution in [0.2, 0.25) is 0 Å². The van der Waals surface area contributed by atoms with Crippen molar-refractivity contribution in [1.82, 2.24) is 4.90 Å². The maximum atomic E-state index is 2.34. The van der Waals surface area contributed by atoms with E-state index in [1.54, 1.807) is 0 Å². The lowest BCUT2D eigenvalue weighted by molar-refractivity contribution is 0.372. The number of nitrogens with zero attached hydrogens (tertiary/aromatic N) is 1. The maximum absolute atomic E-state index is 2.34. The van der Waals surface area contributed by atoms with Crippen molar-refractivity contribution >= 4 is 0 Å². The quantitative estimate of drug-likeness (QED) is 0.505. The lowest BCUT2D eigenvalue weighted by Gasteiger charge is -2.09. The highest BCUT2D eigenvalue weighted by Crippen LogP contribution is 1.98. The molecule has 0 spiro atoms. The van der Waals surface area contributed by atoms with E-state index in [0.717, 1.165) is 6.54 Å². The number of rotatable bonds is 0. The first-order valence-electron chi connectivity index (χ1n) is 5.23. The summed E-state index contributed by atoms with van der Waals surface area (Å²) in [6.07, 6.45) is 7.10. The van der Waals surface area contributed by atoms with Gasteiger partial charge in [0.15, 0.2) is 0 Å². The minimum atomic E-state index is 1.14. The third kappa shape index (κ3) is 9.70. The lowest BCUT2D eigenvalue weighted by Crippen LogP contribution is -2.17. The van der Waals surface area contributed by atoms with Gasteiger partial charge in [-0.15, -0.1) is 0 Å². The molecule has 1 rings (SSSR count). The smallest absolute Gasteiger partial charge is 0.0160 e. The molecule has 0 saturated heterocycles. The molecule has 1 aliphatic rings. The summed E-state index contributed by atoms with van der Waals surface area (Å²) in [6, 6.07) is 0. The fourth-order valence-corrected chi connectivity index (χ4v) is 0.943. The Balaban J connectivity index is 0. The van der Waals surface area contributed by atoms with Crippen LogP contribution in [0.1, 0.15) is 40.5 Å². The molecule has 12 heavy (non-hydrogen) atoms. The van der Waals surface area contributed by atoms with Gasteiger partial charge in [0.2, 0.25) is 0 Å². The fraction of sp³-hybridized carbons (Fsp3) is 0.818. The van der Waals surface area contributed by atoms with Gasteiger partial charge in [-0.05, 0) is 26.4 Å². The molecule has 1 heterocycles. The van der Waals surface area contributed by atoms with Gasteiger partial charge < -0.3 is 4.90 Å². The fourth-order valence-electron chi connectivity index (χ4n) is 0.943. The van der Waals surface area contributed by atoms with E-state index in [1.165, 1.54) is 19.4 Å². The maximum Gasteiger partial charge on any atom is 0.0160 e. The molecule has 0 fully saturated rings. The SMILES string of the molecule is CC.CC.CN1CC=CCCC1. The number of hydrogen-bond donors (Lipinski definition) is 0. The molecule has 0 atom stereocenters. The van der Waals surface area contributed by atoms with Crippen LogP contribution >= 0.6 is 0 Å². The summed E-state index contributed by atoms with van der Waals surface area (Å²) in [5.41, 5.74) is 0. The van der Waals surface area contributed by atoms with Crippen LogP contribution in [0.3, 0.4) is 0 Å². The van der Waals surface area contributed by atoms with E-state index in [9.17, 15) is 0 Å². The highest BCUT2D eigenvalue weighted by atomic mass is 15.1. The van der Waals surface area contributed by atoms with E-state index in [-0.39, 0.29) is 0 Å². The highest BCUT2D eigenvalue weighted by Gasteiger charge is 1.96. The molecule has 0 aliphatic carbocycles. The lowest BCUT2D eigenvalue weighted by atomic mass is 10.3. The molecule has 0 saturated carbocycles. The summed E-state index contributed by atoms with van der Waals surface area (Å²) < 4.78 is 0. The van der Waals surface area contributed by atoms with Gasteiger partial charge in [-0.1, -0.05) is 39.8 Å². The molecule has 0 aromatic heterocycles. The van der Waals surface area contributed by atoms with E-state index in [0.29, 0.717) is 0 Å². The van der Waals surface area contributed by atoms with Crippen LogP contribution < -0.4 is 0 Å². The molecule has 1 heteroatoms. The van der Waals surface area contributed by atoms with Crippen molar-refractivity contribution in [2.24, 2.45) is 0 Å². The van der Waals surface area contributed by atoms with Crippen LogP contribution in [-0.4, -0.2) is 25.0 Å². The predicted octanol–water partition coefficient (Wildman–Crippen LogP) is 3.32. The van der Waals surface area contributed by atoms with E-state index in [2.05, 4.69) is 24.1 Å². The van der Waals surface area contributed by atoms with E-state index in [4.69, 9.17) is 0 Å². The minimum absolute atomic E-state index is 1.14. The summed E-state index contributed by atoms with van der Waals surface area (Å²) in [5.74, 6) is 0. The highest BCUT2D eigenvalue weighted by molar-refractivity contribution is 4.87. The molecule has 0 N–H and O–H groups in total. The molecule has 0 radical (unpaired) electrons. The van der Waals surface area contributed by atoms with E-state index in [1.807, 2.05) is 27.7 Å². The van der Waals surface area contributed by atoms with E-state index >= 15 is 0 Å². The van der Waals surface area contributed by atoms with Gasteiger partial charge in [0.25, 0.3) is 0 Å². The predicted molar refractivity (Wildman–Crippen MR) is 58.6 cm³/mol. The Labute approximate surface area is 78.5 Å². The van der Waals surface area contributed by atoms with Gasteiger partial charge in [0.05, 0.1) is 0 Å². The molecule has 0 aromatic rings. The normalized spacial score (nSPS) is 16.4. The Hall–Kier alpha value is -0.300. The Bertz CT molecular complexity index is 87.0. The van der Waals surface area contributed by atoms with Crippen molar-refractivity contribution in [3.63, 3.8) is 0 Å².